The molecule has 0 aromatic heterocycles. The quantitative estimate of drug-likeness (QED) is 0.607. The molecule has 1 rings (SSSR count). The number of halogens is 4. The van der Waals surface area contributed by atoms with Gasteiger partial charge in [-0.1, -0.05) is 11.6 Å². The summed E-state index contributed by atoms with van der Waals surface area (Å²) in [5, 5.41) is -0.0583. The van der Waals surface area contributed by atoms with Gasteiger partial charge in [0.25, 0.3) is 10.1 Å². The van der Waals surface area contributed by atoms with Crippen LogP contribution in [-0.4, -0.2) is 25.8 Å². The van der Waals surface area contributed by atoms with Gasteiger partial charge in [0.1, 0.15) is 10.6 Å². The van der Waals surface area contributed by atoms with Gasteiger partial charge in [-0.3, -0.25) is 4.55 Å². The molecule has 1 aromatic carbocycles. The summed E-state index contributed by atoms with van der Waals surface area (Å²) in [6.45, 7) is -1.67. The van der Waals surface area contributed by atoms with Crippen LogP contribution in [0.4, 0.5) is 13.2 Å². The average molecular weight is 331 g/mol. The first-order valence-electron chi connectivity index (χ1n) is 4.06. The van der Waals surface area contributed by atoms with Crippen molar-refractivity contribution in [2.24, 2.45) is 0 Å². The number of hydrogen-bond donors (Lipinski definition) is 1. The van der Waals surface area contributed by atoms with E-state index in [0.717, 1.165) is 18.2 Å². The monoisotopic (exact) mass is 330 g/mol. The van der Waals surface area contributed by atoms with E-state index in [0.29, 0.717) is 0 Å². The fraction of sp³-hybridized carbons (Fsp3) is 0.250. The number of alkyl halides is 3. The molecule has 4 nitrogen and oxygen atoms in total. The van der Waals surface area contributed by atoms with E-state index in [1.165, 1.54) is 0 Å². The Bertz CT molecular complexity index is 523. The summed E-state index contributed by atoms with van der Waals surface area (Å²) in [6.07, 6.45) is -4.61. The first-order valence-corrected chi connectivity index (χ1v) is 5.88. The maximum absolute atomic E-state index is 11.9. The summed E-state index contributed by atoms with van der Waals surface area (Å²) < 4.78 is 70.4. The molecule has 1 N–H and O–H groups in total. The van der Waals surface area contributed by atoms with Gasteiger partial charge in [0.2, 0.25) is 0 Å². The van der Waals surface area contributed by atoms with Crippen LogP contribution in [-0.2, 0) is 10.1 Å². The fourth-order valence-corrected chi connectivity index (χ4v) is 1.86. The van der Waals surface area contributed by atoms with Crippen LogP contribution in [0, 0.1) is 0 Å². The van der Waals surface area contributed by atoms with Crippen LogP contribution in [0.2, 0.25) is 5.02 Å². The van der Waals surface area contributed by atoms with Gasteiger partial charge in [-0.2, -0.15) is 21.6 Å². The van der Waals surface area contributed by atoms with Crippen molar-refractivity contribution < 1.29 is 83.7 Å². The molecule has 18 heavy (non-hydrogen) atoms. The minimum Gasteiger partial charge on any atom is -1.00 e. The van der Waals surface area contributed by atoms with Crippen LogP contribution in [0.1, 0.15) is 1.43 Å². The molecule has 0 saturated heterocycles. The van der Waals surface area contributed by atoms with E-state index in [4.69, 9.17) is 16.2 Å². The molecule has 1 aromatic rings. The van der Waals surface area contributed by atoms with Crippen molar-refractivity contribution in [3.63, 3.8) is 0 Å². The van der Waals surface area contributed by atoms with Gasteiger partial charge in [0.05, 0.1) is 0 Å². The first kappa shape index (κ1) is 18.6. The summed E-state index contributed by atoms with van der Waals surface area (Å²) in [4.78, 5) is -0.811. The molecule has 10 heteroatoms. The summed E-state index contributed by atoms with van der Waals surface area (Å²) in [5.41, 5.74) is 0. The molecule has 0 unspecified atom stereocenters. The second-order valence-corrected chi connectivity index (χ2v) is 4.80. The summed E-state index contributed by atoms with van der Waals surface area (Å²) >= 11 is 5.46. The van der Waals surface area contributed by atoms with Crippen LogP contribution < -0.4 is 56.1 Å². The van der Waals surface area contributed by atoms with Crippen LogP contribution in [0.3, 0.4) is 0 Å². The first-order chi connectivity index (χ1) is 7.59. The fourth-order valence-electron chi connectivity index (χ4n) is 0.962. The van der Waals surface area contributed by atoms with Gasteiger partial charge < -0.3 is 6.16 Å². The van der Waals surface area contributed by atoms with Crippen LogP contribution in [0.15, 0.2) is 23.1 Å². The van der Waals surface area contributed by atoms with Crippen molar-refractivity contribution in [1.82, 2.24) is 0 Å². The van der Waals surface area contributed by atoms with Gasteiger partial charge in [0, 0.05) is 5.02 Å². The Morgan fingerprint density at radius 1 is 1.39 bits per heavy atom. The van der Waals surface area contributed by atoms with Gasteiger partial charge in [-0.05, 0) is 18.2 Å². The Morgan fingerprint density at radius 2 is 1.94 bits per heavy atom. The Labute approximate surface area is 150 Å². The average Bonchev–Trinajstić information content (AvgIpc) is 2.13. The number of hydrogen-bond acceptors (Lipinski definition) is 3. The topological polar surface area (TPSA) is 63.6 Å². The van der Waals surface area contributed by atoms with E-state index >= 15 is 0 Å². The van der Waals surface area contributed by atoms with E-state index in [1.807, 2.05) is 0 Å². The van der Waals surface area contributed by atoms with Gasteiger partial charge in [0.15, 0.2) is 6.61 Å². The smallest absolute Gasteiger partial charge is 1.00 e. The molecule has 0 saturated carbocycles. The molecule has 98 valence electrons. The number of ether oxygens (including phenoxy) is 1. The molecular formula is C8H7ClF3KO4S. The molecule has 0 radical (unpaired) electrons. The molecule has 0 bridgehead atoms. The molecule has 0 spiro atoms. The van der Waals surface area contributed by atoms with Crippen molar-refractivity contribution in [3.8, 4) is 5.75 Å². The van der Waals surface area contributed by atoms with Crippen molar-refractivity contribution >= 4 is 21.7 Å². The van der Waals surface area contributed by atoms with Crippen LogP contribution in [0.25, 0.3) is 0 Å². The largest absolute Gasteiger partial charge is 1.00 e. The third kappa shape index (κ3) is 6.20. The van der Waals surface area contributed by atoms with Crippen molar-refractivity contribution in [2.45, 2.75) is 11.1 Å². The van der Waals surface area contributed by atoms with E-state index in [9.17, 15) is 21.6 Å². The van der Waals surface area contributed by atoms with Crippen molar-refractivity contribution in [1.29, 1.82) is 0 Å². The molecule has 0 atom stereocenters. The van der Waals surface area contributed by atoms with E-state index in [-0.39, 0.29) is 57.8 Å². The van der Waals surface area contributed by atoms with E-state index < -0.39 is 33.5 Å². The molecule has 0 aliphatic carbocycles. The maximum Gasteiger partial charge on any atom is 1.00 e. The minimum atomic E-state index is -4.70. The normalized spacial score (nSPS) is 11.8. The summed E-state index contributed by atoms with van der Waals surface area (Å²) in [5.74, 6) is -0.616. The second-order valence-electron chi connectivity index (χ2n) is 2.97. The standard InChI is InChI=1S/C8H6ClF3O4S.K.H/c9-5-1-2-6(16-4-8(10,11)12)7(3-5)17(13,14)15;;/h1-3H,4H2,(H,13,14,15);;/q;+1;-1. The van der Waals surface area contributed by atoms with Crippen molar-refractivity contribution in [2.75, 3.05) is 6.61 Å². The summed E-state index contributed by atoms with van der Waals surface area (Å²) in [6, 6.07) is 2.86. The van der Waals surface area contributed by atoms with Crippen LogP contribution >= 0.6 is 11.6 Å². The van der Waals surface area contributed by atoms with Gasteiger partial charge in [-0.25, -0.2) is 0 Å². The number of benzene rings is 1. The number of rotatable bonds is 3. The SMILES string of the molecule is O=S(=O)(O)c1cc(Cl)ccc1OCC(F)(F)F.[H-].[K+]. The third-order valence-corrected chi connectivity index (χ3v) is 2.68. The van der Waals surface area contributed by atoms with E-state index in [2.05, 4.69) is 4.74 Å². The molecule has 0 heterocycles. The Balaban J connectivity index is 0. The molecule has 0 aliphatic rings. The zero-order valence-electron chi connectivity index (χ0n) is 10.0. The maximum atomic E-state index is 11.9. The van der Waals surface area contributed by atoms with Crippen LogP contribution in [0.5, 0.6) is 5.75 Å². The third-order valence-electron chi connectivity index (χ3n) is 1.58. The molecular weight excluding hydrogens is 324 g/mol. The zero-order chi connectivity index (χ0) is 13.3. The Hall–Kier alpha value is 0.646. The summed E-state index contributed by atoms with van der Waals surface area (Å²) in [7, 11) is -4.70. The van der Waals surface area contributed by atoms with Gasteiger partial charge >= 0.3 is 57.6 Å². The molecule has 0 aliphatic heterocycles. The molecule has 0 amide bonds. The van der Waals surface area contributed by atoms with Gasteiger partial charge in [-0.15, -0.1) is 0 Å². The zero-order valence-corrected chi connectivity index (χ0v) is 13.7. The van der Waals surface area contributed by atoms with E-state index in [1.54, 1.807) is 0 Å². The molecule has 0 fully saturated rings. The Morgan fingerprint density at radius 3 is 2.39 bits per heavy atom. The minimum absolute atomic E-state index is 0. The Kier molecular flexibility index (Phi) is 7.13. The predicted molar refractivity (Wildman–Crippen MR) is 53.9 cm³/mol. The second kappa shape index (κ2) is 6.89. The van der Waals surface area contributed by atoms with Crippen molar-refractivity contribution in [3.05, 3.63) is 23.2 Å². The predicted octanol–water partition coefficient (Wildman–Crippen LogP) is -0.356.